The van der Waals surface area contributed by atoms with Crippen molar-refractivity contribution in [3.8, 4) is 34.5 Å². The van der Waals surface area contributed by atoms with Crippen LogP contribution in [-0.2, 0) is 76.5 Å². The van der Waals surface area contributed by atoms with Gasteiger partial charge in [-0.15, -0.1) is 0 Å². The molecule has 30 nitrogen and oxygen atoms in total. The highest BCUT2D eigenvalue weighted by molar-refractivity contribution is 5.82. The summed E-state index contributed by atoms with van der Waals surface area (Å²) in [5.74, 6) is 1.60. The van der Waals surface area contributed by atoms with Crippen LogP contribution in [0.2, 0.25) is 0 Å². The number of esters is 6. The van der Waals surface area contributed by atoms with Crippen LogP contribution in [0.3, 0.4) is 0 Å². The van der Waals surface area contributed by atoms with Crippen molar-refractivity contribution < 1.29 is 114 Å². The molecule has 30 heteroatoms. The van der Waals surface area contributed by atoms with Crippen LogP contribution >= 0.6 is 0 Å². The van der Waals surface area contributed by atoms with Gasteiger partial charge in [-0.3, -0.25) is 28.8 Å². The lowest BCUT2D eigenvalue weighted by Crippen LogP contribution is -2.29. The minimum Gasteiger partial charge on any atom is -0.441 e. The van der Waals surface area contributed by atoms with Crippen molar-refractivity contribution in [3.05, 3.63) is 176 Å². The number of nitrogens with one attached hydrogen (secondary N) is 6. The van der Waals surface area contributed by atoms with Crippen molar-refractivity contribution in [2.24, 2.45) is 65.0 Å². The van der Waals surface area contributed by atoms with Gasteiger partial charge in [0.05, 0.1) is 32.5 Å². The summed E-state index contributed by atoms with van der Waals surface area (Å²) in [6.45, 7) is 80.7. The minimum absolute atomic E-state index is 0.267. The van der Waals surface area contributed by atoms with Gasteiger partial charge in [0.25, 0.3) is 0 Å². The van der Waals surface area contributed by atoms with Crippen LogP contribution in [0.5, 0.6) is 34.5 Å². The summed E-state index contributed by atoms with van der Waals surface area (Å²) in [4.78, 5) is 143. The Bertz CT molecular complexity index is 5300. The number of hydrogen-bond donors (Lipinski definition) is 6. The zero-order chi connectivity index (χ0) is 116. The monoisotopic (exact) mass is 2080 g/mol. The van der Waals surface area contributed by atoms with E-state index in [0.717, 1.165) is 92.4 Å². The summed E-state index contributed by atoms with van der Waals surface area (Å²) in [5.41, 5.74) is 5.44. The van der Waals surface area contributed by atoms with Crippen molar-refractivity contribution in [1.29, 1.82) is 0 Å². The van der Waals surface area contributed by atoms with E-state index in [0.29, 0.717) is 40.9 Å². The van der Waals surface area contributed by atoms with Crippen LogP contribution in [0.1, 0.15) is 386 Å². The Morgan fingerprint density at radius 2 is 0.423 bits per heavy atom. The molecule has 0 aliphatic carbocycles. The lowest BCUT2D eigenvalue weighted by Gasteiger charge is -2.31. The molecule has 6 atom stereocenters. The van der Waals surface area contributed by atoms with Crippen LogP contribution in [0.25, 0.3) is 0 Å². The van der Waals surface area contributed by atoms with Gasteiger partial charge in [0, 0.05) is 74.8 Å². The first-order valence-corrected chi connectivity index (χ1v) is 51.1. The van der Waals surface area contributed by atoms with E-state index < -0.39 is 106 Å². The Morgan fingerprint density at radius 1 is 0.228 bits per heavy atom. The van der Waals surface area contributed by atoms with Gasteiger partial charge in [0.15, 0.2) is 0 Å². The standard InChI is InChI=1S/2C21H33NO4.2C20H31NO4.C19H29NO4.C18H27NO4/c2*1-9-10-14-13-15(17(20(2,3)4)26-19(24)22-8)11-12-16(14)25-18(23)21(5,6)7;1-12-10-14(16(19(3,4)5)25-18(23)21-9)11-13(2)15(12)24-17(22)20(6,7)8;1-9-13-12-14(16(19(2,3)4)25-18(23)21-8)10-11-15(13)24-17(22)20(5,6)7;1-12-11-13(15(18(2,3)4)24-17(22)20-8)9-10-14(12)23-16(21)19(5,6)7;1-17(2,3)14(23-16(21)19-7)12-8-10-13(11-9-12)22-15(20)18(4,5)6/h2*11-13,17H,9-10H2,1-8H3,(H,22,24);10-11,16H,1-9H3,(H,21,23);10-12,16H,9H2,1-8H3,(H,21,23);9-11,15H,1-8H3,(H,20,22);8-11,14H,1-7H3,(H,19,21). The number of ether oxygens (including phenoxy) is 12. The molecule has 6 N–H and O–H groups in total. The lowest BCUT2D eigenvalue weighted by atomic mass is 9.83. The second kappa shape index (κ2) is 56.6. The summed E-state index contributed by atoms with van der Waals surface area (Å²) in [5, 5.41) is 14.9. The number of carbonyl (C=O) groups excluding carboxylic acids is 12. The molecular formula is C119H184N6O24. The third kappa shape index (κ3) is 46.0. The van der Waals surface area contributed by atoms with E-state index in [-0.39, 0.29) is 68.3 Å². The maximum absolute atomic E-state index is 12.3. The van der Waals surface area contributed by atoms with Gasteiger partial charge in [-0.25, -0.2) is 28.8 Å². The zero-order valence-electron chi connectivity index (χ0n) is 99.2. The van der Waals surface area contributed by atoms with Gasteiger partial charge in [-0.2, -0.15) is 0 Å². The first kappa shape index (κ1) is 135. The van der Waals surface area contributed by atoms with Gasteiger partial charge in [0.2, 0.25) is 0 Å². The Morgan fingerprint density at radius 3 is 0.651 bits per heavy atom. The Kier molecular flexibility index (Phi) is 51.2. The third-order valence-corrected chi connectivity index (χ3v) is 22.2. The molecule has 0 aromatic heterocycles. The molecule has 6 amide bonds. The molecule has 0 bridgehead atoms. The highest BCUT2D eigenvalue weighted by Gasteiger charge is 2.40. The normalized spacial score (nSPS) is 13.1. The summed E-state index contributed by atoms with van der Waals surface area (Å²) < 4.78 is 66.6. The van der Waals surface area contributed by atoms with Gasteiger partial charge >= 0.3 is 72.4 Å². The van der Waals surface area contributed by atoms with E-state index in [2.05, 4.69) is 45.7 Å². The number of amides is 6. The van der Waals surface area contributed by atoms with Gasteiger partial charge in [-0.1, -0.05) is 195 Å². The number of aryl methyl sites for hydroxylation is 6. The Labute approximate surface area is 891 Å². The quantitative estimate of drug-likeness (QED) is 0.0197. The van der Waals surface area contributed by atoms with E-state index in [1.165, 1.54) is 28.2 Å². The third-order valence-electron chi connectivity index (χ3n) is 22.2. The van der Waals surface area contributed by atoms with Gasteiger partial charge in [-0.05, 0) is 304 Å². The van der Waals surface area contributed by atoms with Crippen molar-refractivity contribution in [1.82, 2.24) is 31.9 Å². The molecule has 0 radical (unpaired) electrons. The minimum atomic E-state index is -0.576. The summed E-state index contributed by atoms with van der Waals surface area (Å²) >= 11 is 0. The van der Waals surface area contributed by atoms with Crippen molar-refractivity contribution in [2.45, 2.75) is 360 Å². The molecule has 0 saturated heterocycles. The maximum Gasteiger partial charge on any atom is 0.407 e. The smallest absolute Gasteiger partial charge is 0.407 e. The van der Waals surface area contributed by atoms with E-state index in [1.54, 1.807) is 71.3 Å². The molecule has 6 unspecified atom stereocenters. The topological polar surface area (TPSA) is 388 Å². The van der Waals surface area contributed by atoms with Crippen molar-refractivity contribution >= 4 is 72.4 Å². The molecule has 6 aromatic rings. The van der Waals surface area contributed by atoms with E-state index >= 15 is 0 Å². The van der Waals surface area contributed by atoms with Crippen LogP contribution in [0.15, 0.2) is 109 Å². The molecule has 0 fully saturated rings. The molecule has 0 aliphatic heterocycles. The van der Waals surface area contributed by atoms with Crippen molar-refractivity contribution in [2.75, 3.05) is 42.3 Å². The SMILES string of the molecule is CCCc1cc(C(OC(=O)NC)C(C)(C)C)ccc1OC(=O)C(C)(C)C.CCCc1cc(C(OC(=O)NC)C(C)(C)C)ccc1OC(=O)C(C)(C)C.CCc1cc(C(OC(=O)NC)C(C)(C)C)ccc1OC(=O)C(C)(C)C.CNC(=O)OC(c1cc(C)c(OC(=O)C(C)(C)C)c(C)c1)C(C)(C)C.CNC(=O)OC(c1ccc(OC(=O)C(C)(C)C)c(C)c1)C(C)(C)C.CNC(=O)OC(c1ccc(OC(=O)C(C)(C)C)cc1)C(C)(C)C. The number of alkyl carbamates (subject to hydrolysis) is 6. The second-order valence-electron chi connectivity index (χ2n) is 49.8. The molecule has 0 heterocycles. The molecule has 834 valence electrons. The first-order chi connectivity index (χ1) is 67.8. The summed E-state index contributed by atoms with van der Waals surface area (Å²) in [7, 11) is 9.21. The fourth-order valence-electron chi connectivity index (χ4n) is 13.7. The average molecular weight is 2080 g/mol. The first-order valence-electron chi connectivity index (χ1n) is 51.1. The number of hydrogen-bond acceptors (Lipinski definition) is 24. The number of benzene rings is 6. The predicted molar refractivity (Wildman–Crippen MR) is 587 cm³/mol. The summed E-state index contributed by atoms with van der Waals surface area (Å²) in [6.07, 6.45) is -1.22. The van der Waals surface area contributed by atoms with E-state index in [9.17, 15) is 57.5 Å². The fraction of sp³-hybridized carbons (Fsp3) is 0.597. The van der Waals surface area contributed by atoms with Crippen LogP contribution < -0.4 is 60.3 Å². The highest BCUT2D eigenvalue weighted by atomic mass is 16.6. The van der Waals surface area contributed by atoms with E-state index in [4.69, 9.17) is 56.8 Å². The van der Waals surface area contributed by atoms with E-state index in [1.807, 2.05) is 329 Å². The zero-order valence-corrected chi connectivity index (χ0v) is 99.2. The largest absolute Gasteiger partial charge is 0.441 e. The lowest BCUT2D eigenvalue weighted by molar-refractivity contribution is -0.143. The van der Waals surface area contributed by atoms with Gasteiger partial charge in [0.1, 0.15) is 71.1 Å². The van der Waals surface area contributed by atoms with Crippen molar-refractivity contribution in [3.63, 3.8) is 0 Å². The number of rotatable bonds is 23. The Balaban J connectivity index is 0.000000894. The highest BCUT2D eigenvalue weighted by Crippen LogP contribution is 2.46. The average Bonchev–Trinajstić information content (AvgIpc) is 0.815. The molecule has 149 heavy (non-hydrogen) atoms. The Hall–Kier alpha value is -12.2. The second-order valence-corrected chi connectivity index (χ2v) is 49.8. The molecular weight excluding hydrogens is 1900 g/mol. The fourth-order valence-corrected chi connectivity index (χ4v) is 13.7. The number of carbonyl (C=O) groups is 12. The predicted octanol–water partition coefficient (Wildman–Crippen LogP) is 27.9. The molecule has 0 aliphatic rings. The van der Waals surface area contributed by atoms with Crippen LogP contribution in [0, 0.1) is 85.8 Å². The van der Waals surface area contributed by atoms with Crippen LogP contribution in [0.4, 0.5) is 28.8 Å². The molecule has 6 aromatic carbocycles. The van der Waals surface area contributed by atoms with Gasteiger partial charge < -0.3 is 88.7 Å². The summed E-state index contributed by atoms with van der Waals surface area (Å²) in [6, 6.07) is 33.2. The molecule has 0 saturated carbocycles. The maximum atomic E-state index is 12.3. The van der Waals surface area contributed by atoms with Crippen LogP contribution in [-0.4, -0.2) is 115 Å². The molecule has 6 rings (SSSR count). The molecule has 0 spiro atoms.